The van der Waals surface area contributed by atoms with Gasteiger partial charge in [0, 0.05) is 12.4 Å². The van der Waals surface area contributed by atoms with Crippen molar-refractivity contribution in [3.8, 4) is 6.07 Å². The molecule has 4 N–H and O–H groups in total. The number of aromatic nitrogens is 2. The molecule has 0 unspecified atom stereocenters. The normalized spacial score (nSPS) is 9.52. The second-order valence-corrected chi connectivity index (χ2v) is 5.30. The summed E-state index contributed by atoms with van der Waals surface area (Å²) in [6, 6.07) is 1.58. The third kappa shape index (κ3) is 4.26. The lowest BCUT2D eigenvalue weighted by Crippen LogP contribution is -1.97. The Hall–Kier alpha value is -1.44. The maximum Gasteiger partial charge on any atom is 0.184 e. The predicted molar refractivity (Wildman–Crippen MR) is 84.7 cm³/mol. The minimum absolute atomic E-state index is 0.0285. The lowest BCUT2D eigenvalue weighted by molar-refractivity contribution is 0.620. The van der Waals surface area contributed by atoms with Crippen LogP contribution in [-0.4, -0.2) is 9.97 Å². The number of nitrogens with two attached hydrogens (primary N) is 2. The van der Waals surface area contributed by atoms with Crippen molar-refractivity contribution >= 4 is 57.4 Å². The van der Waals surface area contributed by atoms with Crippen LogP contribution in [0.5, 0.6) is 0 Å². The van der Waals surface area contributed by atoms with Gasteiger partial charge in [0.1, 0.15) is 11.6 Å². The molecule has 0 aliphatic carbocycles. The van der Waals surface area contributed by atoms with Crippen molar-refractivity contribution < 1.29 is 8.78 Å². The van der Waals surface area contributed by atoms with Crippen molar-refractivity contribution in [2.45, 2.75) is 0 Å². The van der Waals surface area contributed by atoms with E-state index in [1.807, 2.05) is 0 Å². The number of nitriles is 1. The maximum absolute atomic E-state index is 12.8. The molecule has 21 heavy (non-hydrogen) atoms. The number of pyridine rings is 2. The molecule has 2 aromatic rings. The van der Waals surface area contributed by atoms with E-state index in [0.29, 0.717) is 3.57 Å². The first-order valence-corrected chi connectivity index (χ1v) is 6.87. The van der Waals surface area contributed by atoms with Gasteiger partial charge in [-0.05, 0) is 22.6 Å². The zero-order valence-electron chi connectivity index (χ0n) is 10.0. The van der Waals surface area contributed by atoms with Crippen LogP contribution in [0.2, 0.25) is 10.0 Å². The van der Waals surface area contributed by atoms with Gasteiger partial charge in [0.2, 0.25) is 0 Å². The fourth-order valence-electron chi connectivity index (χ4n) is 1.04. The lowest BCUT2D eigenvalue weighted by atomic mass is 10.3. The van der Waals surface area contributed by atoms with Gasteiger partial charge in [-0.15, -0.1) is 0 Å². The molecule has 5 nitrogen and oxygen atoms in total. The molecule has 2 rings (SSSR count). The third-order valence-corrected chi connectivity index (χ3v) is 4.00. The number of rotatable bonds is 0. The summed E-state index contributed by atoms with van der Waals surface area (Å²) in [7, 11) is 0. The number of hydrogen-bond acceptors (Lipinski definition) is 5. The van der Waals surface area contributed by atoms with E-state index in [-0.39, 0.29) is 27.2 Å². The first-order valence-electron chi connectivity index (χ1n) is 5.04. The monoisotopic (exact) mass is 443 g/mol. The minimum Gasteiger partial charge on any atom is -0.381 e. The van der Waals surface area contributed by atoms with Gasteiger partial charge in [-0.25, -0.2) is 18.7 Å². The lowest BCUT2D eigenvalue weighted by Gasteiger charge is -1.98. The minimum atomic E-state index is -0.861. The SMILES string of the molecule is N#Cc1c(Cl)cnc(N)c1F.Nc1ncc(Cl)c(I)c1F. The van der Waals surface area contributed by atoms with Crippen molar-refractivity contribution in [3.63, 3.8) is 0 Å². The van der Waals surface area contributed by atoms with E-state index in [1.165, 1.54) is 6.20 Å². The molecule has 2 heterocycles. The molecule has 0 amide bonds. The van der Waals surface area contributed by atoms with Crippen LogP contribution in [0, 0.1) is 26.5 Å². The number of halogens is 5. The molecule has 0 spiro atoms. The quantitative estimate of drug-likeness (QED) is 0.607. The van der Waals surface area contributed by atoms with E-state index in [9.17, 15) is 8.78 Å². The summed E-state index contributed by atoms with van der Waals surface area (Å²) in [5.74, 6) is -1.84. The van der Waals surface area contributed by atoms with Crippen molar-refractivity contribution in [1.82, 2.24) is 9.97 Å². The van der Waals surface area contributed by atoms with Gasteiger partial charge in [-0.3, -0.25) is 0 Å². The van der Waals surface area contributed by atoms with Crippen molar-refractivity contribution in [3.05, 3.63) is 43.2 Å². The first-order chi connectivity index (χ1) is 9.79. The highest BCUT2D eigenvalue weighted by Gasteiger charge is 2.10. The van der Waals surface area contributed by atoms with Crippen LogP contribution >= 0.6 is 45.8 Å². The van der Waals surface area contributed by atoms with Crippen LogP contribution in [0.3, 0.4) is 0 Å². The van der Waals surface area contributed by atoms with Gasteiger partial charge < -0.3 is 11.5 Å². The zero-order valence-corrected chi connectivity index (χ0v) is 13.7. The number of nitrogen functional groups attached to an aromatic ring is 2. The number of anilines is 2. The molecule has 10 heteroatoms. The van der Waals surface area contributed by atoms with Gasteiger partial charge in [-0.2, -0.15) is 5.26 Å². The Kier molecular flexibility index (Phi) is 6.32. The van der Waals surface area contributed by atoms with Crippen LogP contribution in [0.4, 0.5) is 20.4 Å². The molecule has 0 fully saturated rings. The molecule has 0 saturated heterocycles. The molecule has 0 aliphatic heterocycles. The van der Waals surface area contributed by atoms with Crippen molar-refractivity contribution in [1.29, 1.82) is 5.26 Å². The first kappa shape index (κ1) is 17.6. The van der Waals surface area contributed by atoms with Crippen LogP contribution in [0.25, 0.3) is 0 Å². The van der Waals surface area contributed by atoms with Crippen LogP contribution < -0.4 is 11.5 Å². The highest BCUT2D eigenvalue weighted by Crippen LogP contribution is 2.22. The predicted octanol–water partition coefficient (Wildman–Crippen LogP) is 3.39. The summed E-state index contributed by atoms with van der Waals surface area (Å²) >= 11 is 12.7. The van der Waals surface area contributed by atoms with E-state index in [4.69, 9.17) is 39.9 Å². The summed E-state index contributed by atoms with van der Waals surface area (Å²) in [5.41, 5.74) is 9.94. The molecular weight excluding hydrogens is 438 g/mol. The van der Waals surface area contributed by atoms with Crippen LogP contribution in [0.1, 0.15) is 5.56 Å². The van der Waals surface area contributed by atoms with Gasteiger partial charge in [0.25, 0.3) is 0 Å². The zero-order chi connectivity index (χ0) is 16.2. The Bertz CT molecular complexity index is 694. The van der Waals surface area contributed by atoms with Gasteiger partial charge in [0.05, 0.1) is 13.6 Å². The Morgan fingerprint density at radius 1 is 1.05 bits per heavy atom. The van der Waals surface area contributed by atoms with E-state index in [1.54, 1.807) is 28.7 Å². The van der Waals surface area contributed by atoms with Gasteiger partial charge in [-0.1, -0.05) is 23.2 Å². The summed E-state index contributed by atoms with van der Waals surface area (Å²) in [6.07, 6.45) is 2.46. The number of nitrogens with zero attached hydrogens (tertiary/aromatic N) is 3. The molecular formula is C11H6Cl2F2IN5. The topological polar surface area (TPSA) is 102 Å². The van der Waals surface area contributed by atoms with Crippen LogP contribution in [-0.2, 0) is 0 Å². The summed E-state index contributed by atoms with van der Waals surface area (Å²) in [5, 5.41) is 8.62. The third-order valence-electron chi connectivity index (χ3n) is 2.06. The second kappa shape index (κ2) is 7.53. The smallest absolute Gasteiger partial charge is 0.184 e. The van der Waals surface area contributed by atoms with Crippen LogP contribution in [0.15, 0.2) is 12.4 Å². The molecule has 0 saturated carbocycles. The molecule has 0 atom stereocenters. The molecule has 0 aromatic carbocycles. The van der Waals surface area contributed by atoms with Crippen molar-refractivity contribution in [2.75, 3.05) is 11.5 Å². The molecule has 110 valence electrons. The standard InChI is InChI=1S/C6H3ClFN3.C5H3ClFIN2/c7-4-2-11-6(10)5(8)3(4)1-9;6-2-1-10-5(9)3(7)4(2)8/h2H,(H2,10,11);1H,(H2,9,10). The highest BCUT2D eigenvalue weighted by molar-refractivity contribution is 14.1. The molecule has 0 radical (unpaired) electrons. The summed E-state index contributed by atoms with van der Waals surface area (Å²) in [4.78, 5) is 6.91. The van der Waals surface area contributed by atoms with E-state index in [0.717, 1.165) is 6.20 Å². The van der Waals surface area contributed by atoms with Gasteiger partial charge >= 0.3 is 0 Å². The largest absolute Gasteiger partial charge is 0.381 e. The average Bonchev–Trinajstić information content (AvgIpc) is 2.46. The highest BCUT2D eigenvalue weighted by atomic mass is 127. The summed E-state index contributed by atoms with van der Waals surface area (Å²) < 4.78 is 25.8. The fourth-order valence-corrected chi connectivity index (χ4v) is 1.76. The molecule has 2 aromatic heterocycles. The Labute approximate surface area is 142 Å². The van der Waals surface area contributed by atoms with Crippen molar-refractivity contribution in [2.24, 2.45) is 0 Å². The average molecular weight is 444 g/mol. The maximum atomic E-state index is 12.8. The van der Waals surface area contributed by atoms with E-state index in [2.05, 4.69) is 9.97 Å². The second-order valence-electron chi connectivity index (χ2n) is 3.41. The molecule has 0 aliphatic rings. The molecule has 0 bridgehead atoms. The van der Waals surface area contributed by atoms with Gasteiger partial charge in [0.15, 0.2) is 23.3 Å². The Morgan fingerprint density at radius 3 is 1.95 bits per heavy atom. The fraction of sp³-hybridized carbons (Fsp3) is 0. The van der Waals surface area contributed by atoms with E-state index >= 15 is 0 Å². The number of hydrogen-bond donors (Lipinski definition) is 2. The Morgan fingerprint density at radius 2 is 1.52 bits per heavy atom. The van der Waals surface area contributed by atoms with E-state index < -0.39 is 11.6 Å². The summed E-state index contributed by atoms with van der Waals surface area (Å²) in [6.45, 7) is 0. The Balaban J connectivity index is 0.000000211.